The number of phenolic OH excluding ortho intramolecular Hbond substituents is 1. The van der Waals surface area contributed by atoms with Crippen LogP contribution >= 0.6 is 0 Å². The fourth-order valence-corrected chi connectivity index (χ4v) is 3.53. The molecule has 3 heterocycles. The van der Waals surface area contributed by atoms with Gasteiger partial charge in [-0.1, -0.05) is 6.07 Å². The maximum atomic E-state index is 12.3. The monoisotopic (exact) mass is 351 g/mol. The lowest BCUT2D eigenvalue weighted by Gasteiger charge is -2.33. The molecule has 134 valence electrons. The van der Waals surface area contributed by atoms with Crippen LogP contribution in [0.4, 0.5) is 5.69 Å². The van der Waals surface area contributed by atoms with Gasteiger partial charge >= 0.3 is 0 Å². The summed E-state index contributed by atoms with van der Waals surface area (Å²) in [6.45, 7) is 6.63. The van der Waals surface area contributed by atoms with E-state index in [9.17, 15) is 9.90 Å². The molecular weight excluding hydrogens is 328 g/mol. The van der Waals surface area contributed by atoms with E-state index in [-0.39, 0.29) is 5.56 Å². The van der Waals surface area contributed by atoms with E-state index in [1.54, 1.807) is 22.6 Å². The maximum Gasteiger partial charge on any atom is 0.258 e. The summed E-state index contributed by atoms with van der Waals surface area (Å²) in [6.07, 6.45) is 1.83. The Kier molecular flexibility index (Phi) is 4.34. The van der Waals surface area contributed by atoms with E-state index >= 15 is 0 Å². The summed E-state index contributed by atoms with van der Waals surface area (Å²) in [4.78, 5) is 20.8. The van der Waals surface area contributed by atoms with Crippen LogP contribution in [-0.2, 0) is 6.54 Å². The number of fused-ring (bicyclic) bond motifs is 1. The van der Waals surface area contributed by atoms with Gasteiger partial charge in [0.05, 0.1) is 26.2 Å². The van der Waals surface area contributed by atoms with Crippen LogP contribution in [0.5, 0.6) is 5.75 Å². The van der Waals surface area contributed by atoms with E-state index in [1.165, 1.54) is 4.90 Å². The Morgan fingerprint density at radius 1 is 1.12 bits per heavy atom. The smallest absolute Gasteiger partial charge is 0.258 e. The number of aryl methyl sites for hydroxylation is 1. The number of quaternary nitrogens is 1. The van der Waals surface area contributed by atoms with Crippen LogP contribution in [-0.4, -0.2) is 40.7 Å². The number of benzene rings is 1. The number of hydrogen-bond acceptors (Lipinski definition) is 4. The van der Waals surface area contributed by atoms with Gasteiger partial charge in [-0.15, -0.1) is 0 Å². The second-order valence-electron chi connectivity index (χ2n) is 6.95. The minimum Gasteiger partial charge on any atom is -0.508 e. The average molecular weight is 351 g/mol. The molecule has 2 N–H and O–H groups in total. The molecule has 0 spiro atoms. The van der Waals surface area contributed by atoms with Crippen molar-refractivity contribution in [2.45, 2.75) is 13.5 Å². The Morgan fingerprint density at radius 2 is 1.85 bits per heavy atom. The van der Waals surface area contributed by atoms with Gasteiger partial charge in [0.25, 0.3) is 5.56 Å². The van der Waals surface area contributed by atoms with Crippen molar-refractivity contribution in [3.8, 4) is 5.75 Å². The van der Waals surface area contributed by atoms with Crippen molar-refractivity contribution in [2.24, 2.45) is 0 Å². The number of hydrogen-bond donors (Lipinski definition) is 2. The summed E-state index contributed by atoms with van der Waals surface area (Å²) in [7, 11) is 0. The zero-order valence-corrected chi connectivity index (χ0v) is 14.9. The maximum absolute atomic E-state index is 12.3. The summed E-state index contributed by atoms with van der Waals surface area (Å²) < 4.78 is 1.61. The van der Waals surface area contributed by atoms with Gasteiger partial charge in [-0.25, -0.2) is 4.98 Å². The number of anilines is 1. The van der Waals surface area contributed by atoms with Crippen LogP contribution in [0.1, 0.15) is 11.3 Å². The van der Waals surface area contributed by atoms with E-state index in [2.05, 4.69) is 9.88 Å². The molecule has 1 aromatic carbocycles. The minimum absolute atomic E-state index is 0.0178. The fraction of sp³-hybridized carbons (Fsp3) is 0.300. The van der Waals surface area contributed by atoms with E-state index in [0.29, 0.717) is 11.4 Å². The highest BCUT2D eigenvalue weighted by Gasteiger charge is 2.21. The second-order valence-corrected chi connectivity index (χ2v) is 6.95. The van der Waals surface area contributed by atoms with Gasteiger partial charge in [-0.05, 0) is 42.8 Å². The molecule has 3 aromatic rings. The number of aromatic nitrogens is 2. The first-order valence-corrected chi connectivity index (χ1v) is 8.95. The highest BCUT2D eigenvalue weighted by Crippen LogP contribution is 2.18. The molecule has 1 saturated heterocycles. The third kappa shape index (κ3) is 3.41. The standard InChI is InChI=1S/C20H22N4O2/c1-15-2-7-19-21-16(12-20(26)24(19)13-15)14-22-8-10-23(11-9-22)17-3-5-18(25)6-4-17/h2-7,12-13,25H,8-11,14H2,1H3/p+1. The van der Waals surface area contributed by atoms with Crippen molar-refractivity contribution in [3.05, 3.63) is 70.3 Å². The average Bonchev–Trinajstić information content (AvgIpc) is 2.64. The van der Waals surface area contributed by atoms with Gasteiger partial charge in [0.1, 0.15) is 23.6 Å². The molecule has 2 aromatic heterocycles. The number of rotatable bonds is 3. The van der Waals surface area contributed by atoms with Gasteiger partial charge in [-0.2, -0.15) is 0 Å². The second kappa shape index (κ2) is 6.80. The Balaban J connectivity index is 1.44. The van der Waals surface area contributed by atoms with Crippen LogP contribution in [0.15, 0.2) is 53.5 Å². The van der Waals surface area contributed by atoms with Crippen molar-refractivity contribution in [1.82, 2.24) is 9.38 Å². The Morgan fingerprint density at radius 3 is 2.58 bits per heavy atom. The lowest BCUT2D eigenvalue weighted by molar-refractivity contribution is -0.914. The van der Waals surface area contributed by atoms with Crippen molar-refractivity contribution in [1.29, 1.82) is 0 Å². The van der Waals surface area contributed by atoms with Gasteiger partial charge in [0.2, 0.25) is 0 Å². The number of aromatic hydroxyl groups is 1. The first-order chi connectivity index (χ1) is 12.6. The van der Waals surface area contributed by atoms with Crippen molar-refractivity contribution < 1.29 is 10.0 Å². The molecule has 0 aliphatic carbocycles. The summed E-state index contributed by atoms with van der Waals surface area (Å²) in [6, 6.07) is 12.9. The van der Waals surface area contributed by atoms with Gasteiger partial charge < -0.3 is 14.9 Å². The lowest BCUT2D eigenvalue weighted by Crippen LogP contribution is -3.13. The van der Waals surface area contributed by atoms with E-state index in [4.69, 9.17) is 0 Å². The van der Waals surface area contributed by atoms with E-state index < -0.39 is 0 Å². The highest BCUT2D eigenvalue weighted by atomic mass is 16.3. The third-order valence-corrected chi connectivity index (χ3v) is 4.98. The first-order valence-electron chi connectivity index (χ1n) is 8.95. The third-order valence-electron chi connectivity index (χ3n) is 4.98. The summed E-state index contributed by atoms with van der Waals surface area (Å²) in [5.74, 6) is 0.293. The number of nitrogens with one attached hydrogen (secondary N) is 1. The molecule has 4 rings (SSSR count). The molecular formula is C20H23N4O2+. The van der Waals surface area contributed by atoms with Crippen LogP contribution in [0.2, 0.25) is 0 Å². The topological polar surface area (TPSA) is 62.3 Å². The van der Waals surface area contributed by atoms with Crippen LogP contribution in [0.25, 0.3) is 5.65 Å². The molecule has 6 heteroatoms. The SMILES string of the molecule is Cc1ccc2nc(C[NH+]3CCN(c4ccc(O)cc4)CC3)cc(=O)n2c1. The molecule has 0 atom stereocenters. The summed E-state index contributed by atoms with van der Waals surface area (Å²) >= 11 is 0. The normalized spacial score (nSPS) is 15.5. The zero-order valence-electron chi connectivity index (χ0n) is 14.9. The molecule has 0 amide bonds. The van der Waals surface area contributed by atoms with Gasteiger partial charge in [0.15, 0.2) is 0 Å². The van der Waals surface area contributed by atoms with Crippen LogP contribution in [0, 0.1) is 6.92 Å². The molecule has 1 aliphatic rings. The molecule has 1 fully saturated rings. The quantitative estimate of drug-likeness (QED) is 0.726. The van der Waals surface area contributed by atoms with E-state index in [1.807, 2.05) is 37.4 Å². The molecule has 6 nitrogen and oxygen atoms in total. The Hall–Kier alpha value is -2.86. The van der Waals surface area contributed by atoms with Gasteiger partial charge in [-0.3, -0.25) is 9.20 Å². The van der Waals surface area contributed by atoms with E-state index in [0.717, 1.165) is 49.7 Å². The molecule has 0 radical (unpaired) electrons. The lowest BCUT2D eigenvalue weighted by atomic mass is 10.2. The largest absolute Gasteiger partial charge is 0.508 e. The highest BCUT2D eigenvalue weighted by molar-refractivity contribution is 5.49. The van der Waals surface area contributed by atoms with Crippen LogP contribution in [0.3, 0.4) is 0 Å². The number of pyridine rings is 1. The molecule has 0 saturated carbocycles. The summed E-state index contributed by atoms with van der Waals surface area (Å²) in [5, 5.41) is 9.42. The number of phenols is 1. The molecule has 0 bridgehead atoms. The Bertz CT molecular complexity index is 973. The van der Waals surface area contributed by atoms with Crippen LogP contribution < -0.4 is 15.4 Å². The predicted molar refractivity (Wildman–Crippen MR) is 101 cm³/mol. The first kappa shape index (κ1) is 16.6. The van der Waals surface area contributed by atoms with Crippen molar-refractivity contribution in [2.75, 3.05) is 31.1 Å². The zero-order chi connectivity index (χ0) is 18.1. The minimum atomic E-state index is -0.0178. The molecule has 26 heavy (non-hydrogen) atoms. The number of piperazine rings is 1. The predicted octanol–water partition coefficient (Wildman–Crippen LogP) is 0.614. The molecule has 0 unspecified atom stereocenters. The number of nitrogens with zero attached hydrogens (tertiary/aromatic N) is 3. The van der Waals surface area contributed by atoms with Gasteiger partial charge in [0, 0.05) is 18.0 Å². The summed E-state index contributed by atoms with van der Waals surface area (Å²) in [5.41, 5.74) is 3.73. The molecule has 1 aliphatic heterocycles. The fourth-order valence-electron chi connectivity index (χ4n) is 3.53. The Labute approximate surface area is 151 Å². The van der Waals surface area contributed by atoms with Crippen molar-refractivity contribution >= 4 is 11.3 Å². The van der Waals surface area contributed by atoms with Crippen molar-refractivity contribution in [3.63, 3.8) is 0 Å².